The molecule has 2 aromatic heterocycles. The molecular weight excluding hydrogens is 352 g/mol. The van der Waals surface area contributed by atoms with Crippen LogP contribution in [0.1, 0.15) is 41.1 Å². The van der Waals surface area contributed by atoms with Crippen LogP contribution in [-0.4, -0.2) is 19.7 Å². The lowest BCUT2D eigenvalue weighted by molar-refractivity contribution is 0.218. The van der Waals surface area contributed by atoms with Crippen molar-refractivity contribution in [3.63, 3.8) is 0 Å². The number of rotatable bonds is 0. The largest absolute Gasteiger partial charge is 0.467 e. The van der Waals surface area contributed by atoms with Gasteiger partial charge in [0.05, 0.1) is 23.1 Å². The van der Waals surface area contributed by atoms with Gasteiger partial charge in [-0.25, -0.2) is 9.97 Å². The van der Waals surface area contributed by atoms with E-state index in [-0.39, 0.29) is 17.8 Å². The average molecular weight is 372 g/mol. The Morgan fingerprint density at radius 3 is 2.96 bits per heavy atom. The molecule has 1 aliphatic heterocycles. The Hall–Kier alpha value is -3.66. The van der Waals surface area contributed by atoms with Crippen LogP contribution >= 0.6 is 0 Å². The Labute approximate surface area is 163 Å². The zero-order chi connectivity index (χ0) is 19.8. The Kier molecular flexibility index (Phi) is 4.32. The third-order valence-electron chi connectivity index (χ3n) is 4.83. The van der Waals surface area contributed by atoms with Gasteiger partial charge in [0.2, 0.25) is 0 Å². The number of hydrogen-bond donors (Lipinski definition) is 1. The predicted octanol–water partition coefficient (Wildman–Crippen LogP) is 3.35. The van der Waals surface area contributed by atoms with Crippen molar-refractivity contribution < 1.29 is 4.74 Å². The van der Waals surface area contributed by atoms with E-state index in [0.717, 1.165) is 22.4 Å². The number of anilines is 1. The Balaban J connectivity index is 1.96. The molecule has 3 aromatic rings. The molecule has 7 heteroatoms. The van der Waals surface area contributed by atoms with Crippen molar-refractivity contribution in [2.75, 3.05) is 5.73 Å². The monoisotopic (exact) mass is 372 g/mol. The summed E-state index contributed by atoms with van der Waals surface area (Å²) in [5, 5.41) is 14.1. The second kappa shape index (κ2) is 6.82. The molecule has 1 atom stereocenters. The van der Waals surface area contributed by atoms with E-state index in [2.05, 4.69) is 45.4 Å². The standard InChI is InChI=1S/C21H20N6O/c1-12-7-8-14-5-4-6-16-19(18(10-22)27(3)26-16)17-11-24-20(23)21(25-17)28-13(2)15(14)9-12/h4-5,7-9,11,13H,6H2,1-3H3,(H2,23,24)/b5-4-/t13-/m1/s1. The normalized spacial score (nSPS) is 16.6. The summed E-state index contributed by atoms with van der Waals surface area (Å²) in [5.74, 6) is 0.460. The van der Waals surface area contributed by atoms with Gasteiger partial charge in [-0.15, -0.1) is 0 Å². The van der Waals surface area contributed by atoms with Crippen molar-refractivity contribution >= 4 is 11.9 Å². The van der Waals surface area contributed by atoms with Gasteiger partial charge in [0, 0.05) is 13.5 Å². The van der Waals surface area contributed by atoms with Gasteiger partial charge in [-0.3, -0.25) is 4.68 Å². The number of fused-ring (bicyclic) bond motifs is 5. The second-order valence-corrected chi connectivity index (χ2v) is 6.85. The second-order valence-electron chi connectivity index (χ2n) is 6.85. The topological polar surface area (TPSA) is 103 Å². The van der Waals surface area contributed by atoms with Crippen LogP contribution in [0.4, 0.5) is 5.82 Å². The number of aryl methyl sites for hydroxylation is 2. The number of allylic oxidation sites excluding steroid dienone is 1. The molecule has 3 heterocycles. The van der Waals surface area contributed by atoms with E-state index in [9.17, 15) is 5.26 Å². The quantitative estimate of drug-likeness (QED) is 0.649. The highest BCUT2D eigenvalue weighted by Crippen LogP contribution is 2.32. The molecule has 4 rings (SSSR count). The zero-order valence-electron chi connectivity index (χ0n) is 16.0. The molecule has 0 radical (unpaired) electrons. The van der Waals surface area contributed by atoms with Gasteiger partial charge < -0.3 is 10.5 Å². The Morgan fingerprint density at radius 2 is 2.18 bits per heavy atom. The molecule has 0 aliphatic carbocycles. The van der Waals surface area contributed by atoms with Gasteiger partial charge >= 0.3 is 0 Å². The molecule has 7 nitrogen and oxygen atoms in total. The number of nitrogen functional groups attached to an aromatic ring is 1. The number of nitrogens with two attached hydrogens (primary N) is 1. The fraction of sp³-hybridized carbons (Fsp3) is 0.238. The molecule has 2 N–H and O–H groups in total. The molecule has 2 bridgehead atoms. The maximum atomic E-state index is 9.60. The van der Waals surface area contributed by atoms with E-state index < -0.39 is 0 Å². The molecule has 0 amide bonds. The number of ether oxygens (including phenoxy) is 1. The first-order valence-electron chi connectivity index (χ1n) is 9.00. The highest BCUT2D eigenvalue weighted by molar-refractivity contribution is 5.70. The van der Waals surface area contributed by atoms with Gasteiger partial charge in [-0.05, 0) is 25.0 Å². The van der Waals surface area contributed by atoms with Crippen molar-refractivity contribution in [1.29, 1.82) is 5.26 Å². The Morgan fingerprint density at radius 1 is 1.36 bits per heavy atom. The van der Waals surface area contributed by atoms with Crippen LogP contribution in [0.3, 0.4) is 0 Å². The molecule has 1 aromatic carbocycles. The highest BCUT2D eigenvalue weighted by atomic mass is 16.5. The van der Waals surface area contributed by atoms with Crippen LogP contribution in [0.15, 0.2) is 30.5 Å². The summed E-state index contributed by atoms with van der Waals surface area (Å²) in [7, 11) is 1.75. The minimum atomic E-state index is -0.269. The zero-order valence-corrected chi connectivity index (χ0v) is 16.0. The van der Waals surface area contributed by atoms with Crippen molar-refractivity contribution in [2.45, 2.75) is 26.4 Å². The first kappa shape index (κ1) is 17.7. The summed E-state index contributed by atoms with van der Waals surface area (Å²) in [5.41, 5.74) is 11.6. The van der Waals surface area contributed by atoms with Gasteiger partial charge in [0.25, 0.3) is 5.88 Å². The first-order chi connectivity index (χ1) is 13.5. The highest BCUT2D eigenvalue weighted by Gasteiger charge is 2.22. The van der Waals surface area contributed by atoms with Gasteiger partial charge in [-0.2, -0.15) is 10.4 Å². The molecule has 140 valence electrons. The smallest absolute Gasteiger partial charge is 0.258 e. The van der Waals surface area contributed by atoms with Crippen LogP contribution in [-0.2, 0) is 13.5 Å². The van der Waals surface area contributed by atoms with Crippen LogP contribution in [0.2, 0.25) is 0 Å². The Bertz CT molecular complexity index is 1140. The van der Waals surface area contributed by atoms with Crippen molar-refractivity contribution in [2.24, 2.45) is 7.05 Å². The summed E-state index contributed by atoms with van der Waals surface area (Å²) in [6, 6.07) is 8.44. The molecule has 0 unspecified atom stereocenters. The molecule has 0 fully saturated rings. The molecule has 0 saturated carbocycles. The maximum absolute atomic E-state index is 9.60. The van der Waals surface area contributed by atoms with Crippen LogP contribution in [0.25, 0.3) is 17.3 Å². The number of benzene rings is 1. The lowest BCUT2D eigenvalue weighted by Crippen LogP contribution is -2.10. The summed E-state index contributed by atoms with van der Waals surface area (Å²) in [6.45, 7) is 4.01. The number of aromatic nitrogens is 4. The third kappa shape index (κ3) is 2.99. The maximum Gasteiger partial charge on any atom is 0.258 e. The molecule has 1 aliphatic rings. The fourth-order valence-corrected chi connectivity index (χ4v) is 3.43. The summed E-state index contributed by atoms with van der Waals surface area (Å²) in [6.07, 6.45) is 5.96. The summed E-state index contributed by atoms with van der Waals surface area (Å²) >= 11 is 0. The number of hydrogen-bond acceptors (Lipinski definition) is 6. The SMILES string of the molecule is Cc1ccc2c(c1)[C@@H](C)Oc1nc(cnc1N)-c1c(nn(C)c1C#N)C/C=C\2. The average Bonchev–Trinajstić information content (AvgIpc) is 2.99. The van der Waals surface area contributed by atoms with Gasteiger partial charge in [0.15, 0.2) is 5.82 Å². The van der Waals surface area contributed by atoms with E-state index in [0.29, 0.717) is 23.4 Å². The number of nitriles is 1. The predicted molar refractivity (Wildman–Crippen MR) is 106 cm³/mol. The van der Waals surface area contributed by atoms with Crippen LogP contribution < -0.4 is 10.5 Å². The third-order valence-corrected chi connectivity index (χ3v) is 4.83. The fourth-order valence-electron chi connectivity index (χ4n) is 3.43. The lowest BCUT2D eigenvalue weighted by atomic mass is 9.99. The van der Waals surface area contributed by atoms with Crippen molar-refractivity contribution in [3.05, 3.63) is 58.6 Å². The minimum absolute atomic E-state index is 0.210. The van der Waals surface area contributed by atoms with Gasteiger partial charge in [-0.1, -0.05) is 35.9 Å². The molecule has 0 spiro atoms. The first-order valence-corrected chi connectivity index (χ1v) is 9.00. The van der Waals surface area contributed by atoms with Crippen molar-refractivity contribution in [1.82, 2.24) is 19.7 Å². The van der Waals surface area contributed by atoms with E-state index >= 15 is 0 Å². The van der Waals surface area contributed by atoms with E-state index in [1.165, 1.54) is 0 Å². The number of nitrogens with zero attached hydrogens (tertiary/aromatic N) is 5. The molecule has 0 saturated heterocycles. The van der Waals surface area contributed by atoms with Gasteiger partial charge in [0.1, 0.15) is 17.9 Å². The van der Waals surface area contributed by atoms with Crippen molar-refractivity contribution in [3.8, 4) is 23.2 Å². The summed E-state index contributed by atoms with van der Waals surface area (Å²) < 4.78 is 7.66. The molecule has 28 heavy (non-hydrogen) atoms. The minimum Gasteiger partial charge on any atom is -0.467 e. The van der Waals surface area contributed by atoms with Crippen LogP contribution in [0, 0.1) is 18.3 Å². The van der Waals surface area contributed by atoms with E-state index in [4.69, 9.17) is 10.5 Å². The van der Waals surface area contributed by atoms with E-state index in [1.807, 2.05) is 19.9 Å². The molecular formula is C21H20N6O. The summed E-state index contributed by atoms with van der Waals surface area (Å²) in [4.78, 5) is 8.82. The van der Waals surface area contributed by atoms with E-state index in [1.54, 1.807) is 17.9 Å². The lowest BCUT2D eigenvalue weighted by Gasteiger charge is -2.19. The van der Waals surface area contributed by atoms with Crippen LogP contribution in [0.5, 0.6) is 5.88 Å².